The summed E-state index contributed by atoms with van der Waals surface area (Å²) in [4.78, 5) is 19.4. The normalized spacial score (nSPS) is 33.1. The van der Waals surface area contributed by atoms with E-state index in [9.17, 15) is 14.8 Å². The van der Waals surface area contributed by atoms with Gasteiger partial charge in [0.1, 0.15) is 42.0 Å². The Morgan fingerprint density at radius 2 is 2.20 bits per heavy atom. The zero-order valence-corrected chi connectivity index (χ0v) is 19.4. The highest BCUT2D eigenvalue weighted by Crippen LogP contribution is 2.57. The van der Waals surface area contributed by atoms with Gasteiger partial charge in [0.2, 0.25) is 0 Å². The zero-order valence-electron chi connectivity index (χ0n) is 18.5. The molecule has 0 bridgehead atoms. The third-order valence-corrected chi connectivity index (χ3v) is 7.41. The van der Waals surface area contributed by atoms with Crippen LogP contribution in [0.1, 0.15) is 31.2 Å². The van der Waals surface area contributed by atoms with Crippen LogP contribution >= 0.6 is 7.82 Å². The van der Waals surface area contributed by atoms with Crippen molar-refractivity contribution >= 4 is 30.6 Å². The highest BCUT2D eigenvalue weighted by atomic mass is 31.2. The monoisotopic (exact) mass is 503 g/mol. The molecule has 2 unspecified atom stereocenters. The van der Waals surface area contributed by atoms with E-state index in [1.165, 1.54) is 36.4 Å². The van der Waals surface area contributed by atoms with Gasteiger partial charge in [-0.25, -0.2) is 19.5 Å². The standard InChI is InChI=1S/C20H22N7O7P/c1-20(29)16(28)13(33-19(20)27-10-26-15-17(21)24-9-25-18(15)27)8-32-35(30)31-6-5-12(34-35)11-3-4-14(22-2)23-7-11/h3-4,7,9-10,12-13,16,19,28-29H,5-6,8H2,1H3,(H2,21,24,25)/t12?,13-,16-,19-,20-,35?/m1/s1. The number of anilines is 1. The Hall–Kier alpha value is -3.02. The number of phosphoric acid groups is 1. The lowest BCUT2D eigenvalue weighted by Crippen LogP contribution is -2.44. The van der Waals surface area contributed by atoms with Crippen LogP contribution < -0.4 is 5.73 Å². The van der Waals surface area contributed by atoms with E-state index in [0.29, 0.717) is 23.1 Å². The van der Waals surface area contributed by atoms with Crippen molar-refractivity contribution < 1.29 is 33.1 Å². The first-order valence-corrected chi connectivity index (χ1v) is 12.1. The summed E-state index contributed by atoms with van der Waals surface area (Å²) in [5.74, 6) is 0.388. The van der Waals surface area contributed by atoms with E-state index in [1.54, 1.807) is 6.07 Å². The van der Waals surface area contributed by atoms with E-state index in [2.05, 4.69) is 24.8 Å². The van der Waals surface area contributed by atoms with Crippen molar-refractivity contribution in [3.63, 3.8) is 0 Å². The van der Waals surface area contributed by atoms with Crippen LogP contribution in [0.15, 0.2) is 31.0 Å². The van der Waals surface area contributed by atoms with E-state index in [4.69, 9.17) is 30.6 Å². The Bertz CT molecular complexity index is 1330. The molecular weight excluding hydrogens is 481 g/mol. The number of hydrogen-bond acceptors (Lipinski definition) is 12. The first-order chi connectivity index (χ1) is 16.7. The minimum absolute atomic E-state index is 0.100. The SMILES string of the molecule is [C-]#[N+]c1ccc(C2CCOP(=O)(OC[C@H]3O[C@@H](n4cnc5c(N)ncnc54)[C@](C)(O)[C@@H]3O)O2)cn1. The van der Waals surface area contributed by atoms with E-state index < -0.39 is 44.6 Å². The minimum atomic E-state index is -4.02. The number of rotatable bonds is 5. The number of hydrogen-bond donors (Lipinski definition) is 3. The molecule has 0 amide bonds. The van der Waals surface area contributed by atoms with Crippen molar-refractivity contribution in [3.8, 4) is 0 Å². The molecule has 184 valence electrons. The van der Waals surface area contributed by atoms with Gasteiger partial charge in [-0.1, -0.05) is 12.6 Å². The van der Waals surface area contributed by atoms with Crippen molar-refractivity contribution in [3.05, 3.63) is 48.0 Å². The molecule has 4 N–H and O–H groups in total. The summed E-state index contributed by atoms with van der Waals surface area (Å²) in [5.41, 5.74) is 5.30. The van der Waals surface area contributed by atoms with Gasteiger partial charge in [0.15, 0.2) is 17.7 Å². The van der Waals surface area contributed by atoms with Crippen LogP contribution in [0.25, 0.3) is 16.0 Å². The number of nitrogen functional groups attached to an aromatic ring is 1. The number of pyridine rings is 1. The quantitative estimate of drug-likeness (QED) is 0.339. The molecule has 0 spiro atoms. The Morgan fingerprint density at radius 1 is 1.37 bits per heavy atom. The Kier molecular flexibility index (Phi) is 6.02. The van der Waals surface area contributed by atoms with Gasteiger partial charge in [-0.2, -0.15) is 0 Å². The topological polar surface area (TPSA) is 181 Å². The lowest BCUT2D eigenvalue weighted by molar-refractivity contribution is -0.0953. The van der Waals surface area contributed by atoms with Crippen molar-refractivity contribution in [2.45, 2.75) is 43.5 Å². The summed E-state index contributed by atoms with van der Waals surface area (Å²) >= 11 is 0. The third kappa shape index (κ3) is 4.28. The maximum Gasteiger partial charge on any atom is 0.475 e. The molecule has 0 aliphatic carbocycles. The largest absolute Gasteiger partial charge is 0.475 e. The first-order valence-electron chi connectivity index (χ1n) is 10.6. The van der Waals surface area contributed by atoms with Crippen LogP contribution in [0.3, 0.4) is 0 Å². The molecule has 3 aromatic rings. The second kappa shape index (κ2) is 8.89. The van der Waals surface area contributed by atoms with Gasteiger partial charge in [0, 0.05) is 12.0 Å². The molecule has 5 rings (SSSR count). The summed E-state index contributed by atoms with van der Waals surface area (Å²) in [6.07, 6.45) is 0.301. The molecule has 2 fully saturated rings. The van der Waals surface area contributed by atoms with Gasteiger partial charge in [0.05, 0.1) is 19.5 Å². The highest BCUT2D eigenvalue weighted by molar-refractivity contribution is 7.48. The average Bonchev–Trinajstić information content (AvgIpc) is 3.37. The van der Waals surface area contributed by atoms with Crippen LogP contribution in [0, 0.1) is 6.57 Å². The van der Waals surface area contributed by atoms with E-state index in [0.717, 1.165) is 0 Å². The molecule has 35 heavy (non-hydrogen) atoms. The number of aliphatic hydroxyl groups excluding tert-OH is 1. The molecule has 3 aromatic heterocycles. The van der Waals surface area contributed by atoms with Crippen molar-refractivity contribution in [1.29, 1.82) is 0 Å². The number of aromatic nitrogens is 5. The fraction of sp³-hybridized carbons (Fsp3) is 0.450. The molecule has 15 heteroatoms. The van der Waals surface area contributed by atoms with Crippen molar-refractivity contribution in [1.82, 2.24) is 24.5 Å². The number of phosphoric ester groups is 1. The van der Waals surface area contributed by atoms with Crippen LogP contribution in [0.2, 0.25) is 0 Å². The van der Waals surface area contributed by atoms with Gasteiger partial charge in [-0.05, 0) is 13.0 Å². The fourth-order valence-corrected chi connectivity index (χ4v) is 5.44. The van der Waals surface area contributed by atoms with Gasteiger partial charge in [0.25, 0.3) is 5.82 Å². The summed E-state index contributed by atoms with van der Waals surface area (Å²) < 4.78 is 36.8. The molecule has 2 aliphatic rings. The van der Waals surface area contributed by atoms with Gasteiger partial charge in [-0.3, -0.25) is 18.1 Å². The zero-order chi connectivity index (χ0) is 24.8. The predicted octanol–water partition coefficient (Wildman–Crippen LogP) is 1.67. The summed E-state index contributed by atoms with van der Waals surface area (Å²) in [6.45, 7) is 8.09. The molecule has 2 saturated heterocycles. The van der Waals surface area contributed by atoms with Crippen LogP contribution in [-0.4, -0.2) is 65.7 Å². The summed E-state index contributed by atoms with van der Waals surface area (Å²) in [5, 5.41) is 21.8. The first kappa shape index (κ1) is 23.7. The van der Waals surface area contributed by atoms with Gasteiger partial charge < -0.3 is 25.5 Å². The number of nitrogens with zero attached hydrogens (tertiary/aromatic N) is 6. The predicted molar refractivity (Wildman–Crippen MR) is 119 cm³/mol. The summed E-state index contributed by atoms with van der Waals surface area (Å²) in [7, 11) is -4.02. The smallest absolute Gasteiger partial charge is 0.387 e. The maximum atomic E-state index is 13.1. The number of imidazole rings is 1. The number of fused-ring (bicyclic) bond motifs is 1. The van der Waals surface area contributed by atoms with Crippen molar-refractivity contribution in [2.75, 3.05) is 18.9 Å². The van der Waals surface area contributed by atoms with E-state index in [1.807, 2.05) is 0 Å². The second-order valence-corrected chi connectivity index (χ2v) is 9.92. The fourth-order valence-electron chi connectivity index (χ4n) is 4.04. The van der Waals surface area contributed by atoms with Crippen LogP contribution in [0.4, 0.5) is 11.6 Å². The molecule has 0 radical (unpaired) electrons. The van der Waals surface area contributed by atoms with Crippen LogP contribution in [-0.2, 0) is 22.9 Å². The molecular formula is C20H22N7O7P. The lowest BCUT2D eigenvalue weighted by atomic mass is 9.96. The maximum absolute atomic E-state index is 13.1. The third-order valence-electron chi connectivity index (χ3n) is 5.93. The number of aliphatic hydroxyl groups is 2. The molecule has 14 nitrogen and oxygen atoms in total. The highest BCUT2D eigenvalue weighted by Gasteiger charge is 2.54. The molecule has 0 aromatic carbocycles. The second-order valence-electron chi connectivity index (χ2n) is 8.30. The lowest BCUT2D eigenvalue weighted by Gasteiger charge is -2.29. The van der Waals surface area contributed by atoms with Crippen LogP contribution in [0.5, 0.6) is 0 Å². The van der Waals surface area contributed by atoms with Crippen molar-refractivity contribution in [2.24, 2.45) is 0 Å². The Morgan fingerprint density at radius 3 is 2.94 bits per heavy atom. The molecule has 5 heterocycles. The summed E-state index contributed by atoms with van der Waals surface area (Å²) in [6, 6.07) is 3.20. The Labute approximate surface area is 199 Å². The Balaban J connectivity index is 1.29. The van der Waals surface area contributed by atoms with Gasteiger partial charge >= 0.3 is 7.82 Å². The number of ether oxygens (including phenoxy) is 1. The molecule has 6 atom stereocenters. The minimum Gasteiger partial charge on any atom is -0.387 e. The number of nitrogens with two attached hydrogens (primary N) is 1. The molecule has 2 aliphatic heterocycles. The molecule has 0 saturated carbocycles. The van der Waals surface area contributed by atoms with Gasteiger partial charge in [-0.15, -0.1) is 4.98 Å². The van der Waals surface area contributed by atoms with E-state index in [-0.39, 0.29) is 18.2 Å². The van der Waals surface area contributed by atoms with E-state index >= 15 is 0 Å². The average molecular weight is 503 g/mol.